The van der Waals surface area contributed by atoms with Gasteiger partial charge >= 0.3 is 155 Å². The van der Waals surface area contributed by atoms with Crippen LogP contribution in [0, 0.1) is 0 Å². The molecule has 2 aromatic carbocycles. The molecule has 3 aromatic rings. The van der Waals surface area contributed by atoms with Gasteiger partial charge in [-0.05, 0) is 0 Å². The number of aromatic nitrogens is 2. The monoisotopic (exact) mass is 530 g/mol. The third-order valence-corrected chi connectivity index (χ3v) is 7.83. The molecule has 0 unspecified atom stereocenters. The number of fused-ring (bicyclic) bond motifs is 2. The van der Waals surface area contributed by atoms with Crippen LogP contribution in [0.5, 0.6) is 17.4 Å². The normalized spacial score (nSPS) is 12.2. The molecule has 1 aliphatic heterocycles. The van der Waals surface area contributed by atoms with E-state index in [9.17, 15) is 5.11 Å². The maximum atomic E-state index is 11.9. The summed E-state index contributed by atoms with van der Waals surface area (Å²) in [5, 5.41) is 21.3. The minimum absolute atomic E-state index is 0.306. The Balaban J connectivity index is 1.85. The number of hydrogen-bond acceptors (Lipinski definition) is 4. The molecule has 6 heteroatoms. The number of ether oxygens (including phenoxy) is 1. The second-order valence-electron chi connectivity index (χ2n) is 5.36. The summed E-state index contributed by atoms with van der Waals surface area (Å²) < 4.78 is 7.31. The van der Waals surface area contributed by atoms with Crippen LogP contribution >= 0.6 is 18.6 Å². The van der Waals surface area contributed by atoms with Crippen molar-refractivity contribution < 1.29 is 27.1 Å². The third kappa shape index (κ3) is 2.75. The van der Waals surface area contributed by atoms with Crippen molar-refractivity contribution in [2.24, 2.45) is 0 Å². The number of benzene rings is 2. The zero-order valence-corrected chi connectivity index (χ0v) is 16.4. The SMILES string of the molecule is [O-]c1nnc2c3c(cccc13)Oc1ccc(CCC[I-]I)cc1-2. The number of nitrogens with zero attached hydrogens (tertiary/aromatic N) is 2. The number of hydrogen-bond donors (Lipinski definition) is 0. The van der Waals surface area contributed by atoms with E-state index >= 15 is 0 Å². The van der Waals surface area contributed by atoms with Crippen LogP contribution in [-0.2, 0) is 6.42 Å². The zero-order chi connectivity index (χ0) is 15.8. The van der Waals surface area contributed by atoms with E-state index in [-0.39, 0.29) is 5.88 Å². The first-order valence-corrected chi connectivity index (χ1v) is 15.1. The first-order valence-electron chi connectivity index (χ1n) is 7.26. The molecule has 0 saturated heterocycles. The molecule has 0 amide bonds. The van der Waals surface area contributed by atoms with Crippen molar-refractivity contribution in [1.29, 1.82) is 0 Å². The van der Waals surface area contributed by atoms with Gasteiger partial charge in [0.25, 0.3) is 0 Å². The molecular formula is C17H12I2N2O2-2. The third-order valence-electron chi connectivity index (χ3n) is 3.92. The summed E-state index contributed by atoms with van der Waals surface area (Å²) in [4.78, 5) is 0. The van der Waals surface area contributed by atoms with Crippen LogP contribution in [-0.4, -0.2) is 14.6 Å². The number of aryl methyl sites for hydroxylation is 1. The molecule has 1 aliphatic rings. The van der Waals surface area contributed by atoms with Crippen LogP contribution in [0.1, 0.15) is 12.0 Å². The van der Waals surface area contributed by atoms with E-state index < -0.39 is 0 Å². The summed E-state index contributed by atoms with van der Waals surface area (Å²) in [6, 6.07) is 11.7. The Kier molecular flexibility index (Phi) is 4.27. The van der Waals surface area contributed by atoms with E-state index in [1.807, 2.05) is 18.2 Å². The van der Waals surface area contributed by atoms with E-state index in [0.29, 0.717) is 28.4 Å². The van der Waals surface area contributed by atoms with Crippen LogP contribution in [0.15, 0.2) is 36.4 Å². The Morgan fingerprint density at radius 2 is 2.04 bits per heavy atom. The average Bonchev–Trinajstić information content (AvgIpc) is 2.58. The molecular weight excluding hydrogens is 518 g/mol. The van der Waals surface area contributed by atoms with Gasteiger partial charge in [0.05, 0.1) is 0 Å². The van der Waals surface area contributed by atoms with Crippen molar-refractivity contribution in [1.82, 2.24) is 10.2 Å². The van der Waals surface area contributed by atoms with E-state index in [0.717, 1.165) is 28.8 Å². The van der Waals surface area contributed by atoms with Crippen molar-refractivity contribution in [3.63, 3.8) is 0 Å². The van der Waals surface area contributed by atoms with Crippen molar-refractivity contribution in [2.45, 2.75) is 12.8 Å². The van der Waals surface area contributed by atoms with Crippen molar-refractivity contribution in [3.05, 3.63) is 42.0 Å². The van der Waals surface area contributed by atoms with Gasteiger partial charge in [-0.25, -0.2) is 0 Å². The Labute approximate surface area is 153 Å². The predicted molar refractivity (Wildman–Crippen MR) is 91.7 cm³/mol. The van der Waals surface area contributed by atoms with Crippen LogP contribution < -0.4 is 27.1 Å². The van der Waals surface area contributed by atoms with Gasteiger partial charge in [-0.2, -0.15) is 0 Å². The Hall–Kier alpha value is -1.16. The Morgan fingerprint density at radius 3 is 2.91 bits per heavy atom. The standard InChI is InChI=1S/C17H13I2N2O2/c18-19-8-2-3-10-6-7-13-12(9-10)16-15-11(17(22)21-20-16)4-1-5-14(15)23-13/h1,4-7,9H,2-3,8H2,(H,21,22)/q-1/p-1. The van der Waals surface area contributed by atoms with Gasteiger partial charge < -0.3 is 0 Å². The summed E-state index contributed by atoms with van der Waals surface area (Å²) in [6.07, 6.45) is 2.28. The molecule has 4 nitrogen and oxygen atoms in total. The minimum atomic E-state index is -0.306. The van der Waals surface area contributed by atoms with Gasteiger partial charge in [0.2, 0.25) is 0 Å². The fraction of sp³-hybridized carbons (Fsp3) is 0.176. The second-order valence-corrected chi connectivity index (χ2v) is 10.9. The molecule has 118 valence electrons. The summed E-state index contributed by atoms with van der Waals surface area (Å²) in [5.74, 6) is 1.15. The zero-order valence-electron chi connectivity index (χ0n) is 12.1. The number of rotatable bonds is 4. The van der Waals surface area contributed by atoms with Crippen molar-refractivity contribution >= 4 is 29.4 Å². The summed E-state index contributed by atoms with van der Waals surface area (Å²) in [6.45, 7) is 0. The molecule has 4 rings (SSSR count). The molecule has 23 heavy (non-hydrogen) atoms. The van der Waals surface area contributed by atoms with Gasteiger partial charge in [-0.3, -0.25) is 0 Å². The molecule has 2 heterocycles. The van der Waals surface area contributed by atoms with Gasteiger partial charge in [0.15, 0.2) is 0 Å². The molecule has 0 saturated carbocycles. The molecule has 0 bridgehead atoms. The molecule has 0 spiro atoms. The van der Waals surface area contributed by atoms with Crippen LogP contribution in [0.25, 0.3) is 22.0 Å². The van der Waals surface area contributed by atoms with Gasteiger partial charge in [0.1, 0.15) is 0 Å². The number of alkyl halides is 1. The van der Waals surface area contributed by atoms with E-state index in [4.69, 9.17) is 4.74 Å². The molecule has 0 radical (unpaired) electrons. The molecule has 0 N–H and O–H groups in total. The fourth-order valence-corrected chi connectivity index (χ4v) is 5.48. The predicted octanol–water partition coefficient (Wildman–Crippen LogP) is 0.848. The van der Waals surface area contributed by atoms with Gasteiger partial charge in [-0.1, -0.05) is 0 Å². The fourth-order valence-electron chi connectivity index (χ4n) is 2.87. The van der Waals surface area contributed by atoms with Gasteiger partial charge in [-0.15, -0.1) is 0 Å². The number of halogens is 2. The molecule has 1 aromatic heterocycles. The first-order chi connectivity index (χ1) is 11.3. The topological polar surface area (TPSA) is 58.1 Å². The van der Waals surface area contributed by atoms with E-state index in [2.05, 4.69) is 40.9 Å². The second kappa shape index (κ2) is 6.39. The summed E-state index contributed by atoms with van der Waals surface area (Å²) in [7, 11) is 0. The average molecular weight is 530 g/mol. The van der Waals surface area contributed by atoms with Gasteiger partial charge in [0, 0.05) is 0 Å². The van der Waals surface area contributed by atoms with E-state index in [1.54, 1.807) is 6.07 Å². The van der Waals surface area contributed by atoms with Crippen molar-refractivity contribution in [3.8, 4) is 28.6 Å². The summed E-state index contributed by atoms with van der Waals surface area (Å²) in [5.41, 5.74) is 2.96. The summed E-state index contributed by atoms with van der Waals surface area (Å²) >= 11 is 2.83. The Morgan fingerprint density at radius 1 is 1.13 bits per heavy atom. The first kappa shape index (κ1) is 15.4. The van der Waals surface area contributed by atoms with E-state index in [1.165, 1.54) is 16.4 Å². The molecule has 0 atom stereocenters. The van der Waals surface area contributed by atoms with Crippen LogP contribution in [0.3, 0.4) is 0 Å². The Bertz CT molecular complexity index is 899. The molecule has 0 aliphatic carbocycles. The quantitative estimate of drug-likeness (QED) is 0.223. The van der Waals surface area contributed by atoms with Crippen LogP contribution in [0.2, 0.25) is 0 Å². The maximum absolute atomic E-state index is 11.9. The van der Waals surface area contributed by atoms with Crippen molar-refractivity contribution in [2.75, 3.05) is 4.43 Å². The van der Waals surface area contributed by atoms with Crippen LogP contribution in [0.4, 0.5) is 0 Å². The molecule has 0 fully saturated rings.